The van der Waals surface area contributed by atoms with Crippen LogP contribution in [0.4, 0.5) is 0 Å². The second-order valence-electron chi connectivity index (χ2n) is 5.00. The molecule has 0 saturated heterocycles. The largest absolute Gasteiger partial charge is 0.496 e. The summed E-state index contributed by atoms with van der Waals surface area (Å²) >= 11 is 1.67. The van der Waals surface area contributed by atoms with Gasteiger partial charge in [0.05, 0.1) is 12.7 Å². The van der Waals surface area contributed by atoms with Gasteiger partial charge in [-0.3, -0.25) is 4.79 Å². The average Bonchev–Trinajstić information content (AvgIpc) is 3.20. The predicted octanol–water partition coefficient (Wildman–Crippen LogP) is 3.56. The Balaban J connectivity index is 1.85. The van der Waals surface area contributed by atoms with Crippen molar-refractivity contribution < 1.29 is 9.53 Å². The standard InChI is InChI=1S/C16H17NO2S/c1-19-15-5-3-2-4-14(15)16(18)17(13-6-7-13)10-12-8-9-20-11-12/h2-5,8-9,11,13H,6-7,10H2,1H3. The van der Waals surface area contributed by atoms with Crippen molar-refractivity contribution in [1.82, 2.24) is 4.90 Å². The molecule has 1 aromatic carbocycles. The lowest BCUT2D eigenvalue weighted by molar-refractivity contribution is 0.0726. The minimum absolute atomic E-state index is 0.0659. The van der Waals surface area contributed by atoms with E-state index >= 15 is 0 Å². The Morgan fingerprint density at radius 2 is 2.15 bits per heavy atom. The summed E-state index contributed by atoms with van der Waals surface area (Å²) in [7, 11) is 1.60. The summed E-state index contributed by atoms with van der Waals surface area (Å²) in [4.78, 5) is 14.8. The molecule has 20 heavy (non-hydrogen) atoms. The molecule has 4 heteroatoms. The van der Waals surface area contributed by atoms with Crippen LogP contribution >= 0.6 is 11.3 Å². The maximum atomic E-state index is 12.8. The SMILES string of the molecule is COc1ccccc1C(=O)N(Cc1ccsc1)C1CC1. The smallest absolute Gasteiger partial charge is 0.258 e. The van der Waals surface area contributed by atoms with E-state index in [0.29, 0.717) is 23.9 Å². The molecule has 1 aliphatic rings. The monoisotopic (exact) mass is 287 g/mol. The number of rotatable bonds is 5. The maximum absolute atomic E-state index is 12.8. The summed E-state index contributed by atoms with van der Waals surface area (Å²) in [5, 5.41) is 4.15. The molecule has 1 fully saturated rings. The Bertz CT molecular complexity index is 590. The van der Waals surface area contributed by atoms with Crippen LogP contribution in [0.2, 0.25) is 0 Å². The molecule has 0 radical (unpaired) electrons. The fourth-order valence-corrected chi connectivity index (χ4v) is 2.97. The highest BCUT2D eigenvalue weighted by atomic mass is 32.1. The molecule has 1 saturated carbocycles. The second-order valence-corrected chi connectivity index (χ2v) is 5.78. The zero-order valence-electron chi connectivity index (χ0n) is 11.4. The molecule has 1 aliphatic carbocycles. The van der Waals surface area contributed by atoms with Crippen LogP contribution in [0.3, 0.4) is 0 Å². The van der Waals surface area contributed by atoms with Crippen molar-refractivity contribution in [3.63, 3.8) is 0 Å². The first-order chi connectivity index (χ1) is 9.79. The molecule has 3 rings (SSSR count). The third-order valence-electron chi connectivity index (χ3n) is 3.52. The van der Waals surface area contributed by atoms with Gasteiger partial charge >= 0.3 is 0 Å². The molecule has 104 valence electrons. The van der Waals surface area contributed by atoms with Gasteiger partial charge in [0, 0.05) is 12.6 Å². The molecule has 1 heterocycles. The molecule has 0 atom stereocenters. The van der Waals surface area contributed by atoms with E-state index in [4.69, 9.17) is 4.74 Å². The summed E-state index contributed by atoms with van der Waals surface area (Å²) in [5.41, 5.74) is 1.85. The maximum Gasteiger partial charge on any atom is 0.258 e. The van der Waals surface area contributed by atoms with E-state index in [1.165, 1.54) is 5.56 Å². The van der Waals surface area contributed by atoms with Gasteiger partial charge in [0.2, 0.25) is 0 Å². The van der Waals surface area contributed by atoms with Gasteiger partial charge in [-0.1, -0.05) is 12.1 Å². The number of amides is 1. The predicted molar refractivity (Wildman–Crippen MR) is 80.2 cm³/mol. The summed E-state index contributed by atoms with van der Waals surface area (Å²) in [5.74, 6) is 0.713. The fourth-order valence-electron chi connectivity index (χ4n) is 2.31. The molecule has 0 N–H and O–H groups in total. The molecular weight excluding hydrogens is 270 g/mol. The average molecular weight is 287 g/mol. The highest BCUT2D eigenvalue weighted by Crippen LogP contribution is 2.31. The fraction of sp³-hybridized carbons (Fsp3) is 0.312. The van der Waals surface area contributed by atoms with Gasteiger partial charge < -0.3 is 9.64 Å². The number of hydrogen-bond acceptors (Lipinski definition) is 3. The number of hydrogen-bond donors (Lipinski definition) is 0. The second kappa shape index (κ2) is 5.67. The number of carbonyl (C=O) groups excluding carboxylic acids is 1. The van der Waals surface area contributed by atoms with Crippen LogP contribution in [0.25, 0.3) is 0 Å². The van der Waals surface area contributed by atoms with Gasteiger partial charge in [0.1, 0.15) is 5.75 Å². The number of ether oxygens (including phenoxy) is 1. The minimum Gasteiger partial charge on any atom is -0.496 e. The number of methoxy groups -OCH3 is 1. The van der Waals surface area contributed by atoms with Gasteiger partial charge in [0.15, 0.2) is 0 Å². The first-order valence-electron chi connectivity index (χ1n) is 6.74. The van der Waals surface area contributed by atoms with E-state index in [9.17, 15) is 4.79 Å². The minimum atomic E-state index is 0.0659. The van der Waals surface area contributed by atoms with E-state index in [1.807, 2.05) is 34.5 Å². The number of para-hydroxylation sites is 1. The first-order valence-corrected chi connectivity index (χ1v) is 7.69. The topological polar surface area (TPSA) is 29.5 Å². The summed E-state index contributed by atoms with van der Waals surface area (Å²) < 4.78 is 5.31. The number of nitrogens with zero attached hydrogens (tertiary/aromatic N) is 1. The van der Waals surface area contributed by atoms with Crippen molar-refractivity contribution >= 4 is 17.2 Å². The Hall–Kier alpha value is -1.81. The number of benzene rings is 1. The Morgan fingerprint density at radius 3 is 2.80 bits per heavy atom. The highest BCUT2D eigenvalue weighted by Gasteiger charge is 2.34. The van der Waals surface area contributed by atoms with E-state index in [0.717, 1.165) is 12.8 Å². The molecule has 1 aromatic heterocycles. The molecule has 0 aliphatic heterocycles. The quantitative estimate of drug-likeness (QED) is 0.841. The zero-order chi connectivity index (χ0) is 13.9. The van der Waals surface area contributed by atoms with Crippen molar-refractivity contribution in [2.45, 2.75) is 25.4 Å². The molecule has 1 amide bonds. The third kappa shape index (κ3) is 2.70. The third-order valence-corrected chi connectivity index (χ3v) is 4.25. The summed E-state index contributed by atoms with van der Waals surface area (Å²) in [6, 6.07) is 9.90. The van der Waals surface area contributed by atoms with Crippen LogP contribution in [-0.4, -0.2) is 24.0 Å². The number of thiophene rings is 1. The molecule has 3 nitrogen and oxygen atoms in total. The zero-order valence-corrected chi connectivity index (χ0v) is 12.2. The van der Waals surface area contributed by atoms with Crippen molar-refractivity contribution in [2.75, 3.05) is 7.11 Å². The van der Waals surface area contributed by atoms with Gasteiger partial charge in [-0.15, -0.1) is 0 Å². The van der Waals surface area contributed by atoms with E-state index < -0.39 is 0 Å². The van der Waals surface area contributed by atoms with E-state index in [2.05, 4.69) is 11.4 Å². The molecular formula is C16H17NO2S. The lowest BCUT2D eigenvalue weighted by Gasteiger charge is -2.23. The number of carbonyl (C=O) groups is 1. The Morgan fingerprint density at radius 1 is 1.35 bits per heavy atom. The van der Waals surface area contributed by atoms with E-state index in [-0.39, 0.29) is 5.91 Å². The van der Waals surface area contributed by atoms with Crippen LogP contribution in [0, 0.1) is 0 Å². The van der Waals surface area contributed by atoms with Gasteiger partial charge in [-0.25, -0.2) is 0 Å². The Labute approximate surface area is 122 Å². The van der Waals surface area contributed by atoms with Crippen molar-refractivity contribution in [3.05, 3.63) is 52.2 Å². The van der Waals surface area contributed by atoms with Gasteiger partial charge in [-0.05, 0) is 47.4 Å². The highest BCUT2D eigenvalue weighted by molar-refractivity contribution is 7.07. The summed E-state index contributed by atoms with van der Waals surface area (Å²) in [6.45, 7) is 0.686. The molecule has 0 unspecified atom stereocenters. The van der Waals surface area contributed by atoms with Crippen molar-refractivity contribution in [3.8, 4) is 5.75 Å². The normalized spacial score (nSPS) is 14.1. The Kier molecular flexibility index (Phi) is 3.74. The lowest BCUT2D eigenvalue weighted by Crippen LogP contribution is -2.32. The van der Waals surface area contributed by atoms with Crippen LogP contribution < -0.4 is 4.74 Å². The van der Waals surface area contributed by atoms with Crippen LogP contribution in [0.5, 0.6) is 5.75 Å². The summed E-state index contributed by atoms with van der Waals surface area (Å²) in [6.07, 6.45) is 2.20. The van der Waals surface area contributed by atoms with E-state index in [1.54, 1.807) is 18.4 Å². The van der Waals surface area contributed by atoms with Crippen molar-refractivity contribution in [2.24, 2.45) is 0 Å². The molecule has 0 spiro atoms. The van der Waals surface area contributed by atoms with Crippen LogP contribution in [0.15, 0.2) is 41.1 Å². The van der Waals surface area contributed by atoms with Crippen LogP contribution in [0.1, 0.15) is 28.8 Å². The lowest BCUT2D eigenvalue weighted by atomic mass is 10.1. The molecule has 2 aromatic rings. The van der Waals surface area contributed by atoms with Gasteiger partial charge in [-0.2, -0.15) is 11.3 Å². The first kappa shape index (κ1) is 13.2. The van der Waals surface area contributed by atoms with Crippen molar-refractivity contribution in [1.29, 1.82) is 0 Å². The molecule has 0 bridgehead atoms. The van der Waals surface area contributed by atoms with Crippen LogP contribution in [-0.2, 0) is 6.54 Å². The van der Waals surface area contributed by atoms with Gasteiger partial charge in [0.25, 0.3) is 5.91 Å².